The van der Waals surface area contributed by atoms with Crippen LogP contribution in [-0.2, 0) is 11.2 Å². The van der Waals surface area contributed by atoms with Crippen molar-refractivity contribution in [3.63, 3.8) is 0 Å². The molecule has 0 bridgehead atoms. The fourth-order valence-corrected chi connectivity index (χ4v) is 2.38. The van der Waals surface area contributed by atoms with Gasteiger partial charge in [-0.05, 0) is 43.4 Å². The third-order valence-corrected chi connectivity index (χ3v) is 3.47. The second kappa shape index (κ2) is 7.48. The average molecular weight is 285 g/mol. The monoisotopic (exact) mass is 284 g/mol. The smallest absolute Gasteiger partial charge is 0.227 e. The highest BCUT2D eigenvalue weighted by atomic mass is 35.5. The maximum absolute atomic E-state index is 12.0. The number of hydrogen-bond acceptors (Lipinski definition) is 3. The Hall–Kier alpha value is -1.10. The predicted octanol–water partition coefficient (Wildman–Crippen LogP) is 1.71. The molecule has 5 heteroatoms. The van der Waals surface area contributed by atoms with Crippen molar-refractivity contribution in [2.75, 3.05) is 11.9 Å². The topological polar surface area (TPSA) is 75.4 Å². The number of amides is 1. The first-order valence-electron chi connectivity index (χ1n) is 6.45. The van der Waals surface area contributed by atoms with Gasteiger partial charge in [0.2, 0.25) is 5.91 Å². The van der Waals surface area contributed by atoms with Crippen LogP contribution in [0.1, 0.15) is 24.8 Å². The van der Waals surface area contributed by atoms with E-state index in [-0.39, 0.29) is 36.9 Å². The molecule has 106 valence electrons. The van der Waals surface area contributed by atoms with Crippen molar-refractivity contribution in [1.82, 2.24) is 0 Å². The van der Waals surface area contributed by atoms with Crippen LogP contribution in [0.15, 0.2) is 24.3 Å². The third-order valence-electron chi connectivity index (χ3n) is 3.47. The normalized spacial score (nSPS) is 21.8. The molecule has 19 heavy (non-hydrogen) atoms. The molecule has 0 heterocycles. The van der Waals surface area contributed by atoms with E-state index >= 15 is 0 Å². The molecule has 0 spiro atoms. The van der Waals surface area contributed by atoms with Gasteiger partial charge in [0.1, 0.15) is 0 Å². The van der Waals surface area contributed by atoms with Gasteiger partial charge in [0, 0.05) is 24.3 Å². The minimum Gasteiger partial charge on any atom is -0.396 e. The molecule has 2 atom stereocenters. The van der Waals surface area contributed by atoms with Crippen LogP contribution in [0.2, 0.25) is 0 Å². The van der Waals surface area contributed by atoms with Crippen molar-refractivity contribution >= 4 is 24.0 Å². The molecule has 0 aromatic heterocycles. The minimum atomic E-state index is 0. The maximum atomic E-state index is 12.0. The van der Waals surface area contributed by atoms with Crippen LogP contribution >= 0.6 is 12.4 Å². The van der Waals surface area contributed by atoms with Crippen LogP contribution < -0.4 is 11.1 Å². The molecule has 1 saturated carbocycles. The summed E-state index contributed by atoms with van der Waals surface area (Å²) in [5.74, 6) is 0.120. The summed E-state index contributed by atoms with van der Waals surface area (Å²) in [5.41, 5.74) is 7.68. The van der Waals surface area contributed by atoms with E-state index in [9.17, 15) is 4.79 Å². The summed E-state index contributed by atoms with van der Waals surface area (Å²) in [6, 6.07) is 7.77. The van der Waals surface area contributed by atoms with Gasteiger partial charge in [0.15, 0.2) is 0 Å². The largest absolute Gasteiger partial charge is 0.396 e. The van der Waals surface area contributed by atoms with Crippen LogP contribution in [0.5, 0.6) is 0 Å². The number of rotatable bonds is 4. The molecule has 1 aliphatic carbocycles. The lowest BCUT2D eigenvalue weighted by Gasteiger charge is -2.11. The molecule has 1 aromatic rings. The molecule has 2 rings (SSSR count). The van der Waals surface area contributed by atoms with E-state index in [1.54, 1.807) is 0 Å². The second-order valence-corrected chi connectivity index (χ2v) is 4.93. The van der Waals surface area contributed by atoms with Gasteiger partial charge in [0.25, 0.3) is 0 Å². The van der Waals surface area contributed by atoms with E-state index in [0.717, 1.165) is 30.5 Å². The van der Waals surface area contributed by atoms with Gasteiger partial charge in [-0.15, -0.1) is 12.4 Å². The first-order chi connectivity index (χ1) is 8.69. The Morgan fingerprint density at radius 1 is 1.32 bits per heavy atom. The SMILES string of the molecule is Cl.NC1CCC(C(=O)Nc2ccc(CCO)cc2)C1. The lowest BCUT2D eigenvalue weighted by molar-refractivity contribution is -0.119. The van der Waals surface area contributed by atoms with Crippen molar-refractivity contribution < 1.29 is 9.90 Å². The molecular formula is C14H21ClN2O2. The second-order valence-electron chi connectivity index (χ2n) is 4.93. The zero-order valence-corrected chi connectivity index (χ0v) is 11.7. The molecule has 4 N–H and O–H groups in total. The van der Waals surface area contributed by atoms with Crippen LogP contribution in [-0.4, -0.2) is 23.7 Å². The molecule has 0 radical (unpaired) electrons. The zero-order chi connectivity index (χ0) is 13.0. The standard InChI is InChI=1S/C14H20N2O2.ClH/c15-12-4-3-11(9-12)14(18)16-13-5-1-10(2-6-13)7-8-17;/h1-2,5-6,11-12,17H,3-4,7-9,15H2,(H,16,18);1H. The summed E-state index contributed by atoms with van der Waals surface area (Å²) < 4.78 is 0. The quantitative estimate of drug-likeness (QED) is 0.788. The Morgan fingerprint density at radius 3 is 2.53 bits per heavy atom. The van der Waals surface area contributed by atoms with Gasteiger partial charge < -0.3 is 16.2 Å². The number of aliphatic hydroxyl groups excluding tert-OH is 1. The van der Waals surface area contributed by atoms with E-state index in [0.29, 0.717) is 6.42 Å². The van der Waals surface area contributed by atoms with Gasteiger partial charge in [-0.3, -0.25) is 4.79 Å². The Kier molecular flexibility index (Phi) is 6.28. The van der Waals surface area contributed by atoms with Gasteiger partial charge in [-0.2, -0.15) is 0 Å². The number of aliphatic hydroxyl groups is 1. The number of carbonyl (C=O) groups is 1. The zero-order valence-electron chi connectivity index (χ0n) is 10.8. The molecule has 1 amide bonds. The summed E-state index contributed by atoms with van der Waals surface area (Å²) in [6.45, 7) is 0.145. The van der Waals surface area contributed by atoms with Crippen LogP contribution in [0.4, 0.5) is 5.69 Å². The van der Waals surface area contributed by atoms with Crippen LogP contribution in [0.25, 0.3) is 0 Å². The highest BCUT2D eigenvalue weighted by Crippen LogP contribution is 2.25. The molecule has 4 nitrogen and oxygen atoms in total. The van der Waals surface area contributed by atoms with E-state index in [2.05, 4.69) is 5.32 Å². The van der Waals surface area contributed by atoms with Crippen LogP contribution in [0.3, 0.4) is 0 Å². The minimum absolute atomic E-state index is 0. The number of hydrogen-bond donors (Lipinski definition) is 3. The molecule has 2 unspecified atom stereocenters. The average Bonchev–Trinajstić information content (AvgIpc) is 2.79. The number of nitrogens with two attached hydrogens (primary N) is 1. The number of benzene rings is 1. The number of carbonyl (C=O) groups excluding carboxylic acids is 1. The summed E-state index contributed by atoms with van der Waals surface area (Å²) in [7, 11) is 0. The lowest BCUT2D eigenvalue weighted by Crippen LogP contribution is -2.23. The van der Waals surface area contributed by atoms with E-state index in [4.69, 9.17) is 10.8 Å². The summed E-state index contributed by atoms with van der Waals surface area (Å²) >= 11 is 0. The van der Waals surface area contributed by atoms with Crippen molar-refractivity contribution in [3.8, 4) is 0 Å². The molecule has 0 aliphatic heterocycles. The Balaban J connectivity index is 0.00000180. The van der Waals surface area contributed by atoms with E-state index in [1.807, 2.05) is 24.3 Å². The Morgan fingerprint density at radius 2 is 2.00 bits per heavy atom. The highest BCUT2D eigenvalue weighted by Gasteiger charge is 2.27. The van der Waals surface area contributed by atoms with Crippen molar-refractivity contribution in [1.29, 1.82) is 0 Å². The molecule has 1 aromatic carbocycles. The van der Waals surface area contributed by atoms with Gasteiger partial charge >= 0.3 is 0 Å². The summed E-state index contributed by atoms with van der Waals surface area (Å²) in [4.78, 5) is 12.0. The Bertz CT molecular complexity index is 408. The first kappa shape index (κ1) is 16.0. The molecule has 1 aliphatic rings. The number of anilines is 1. The predicted molar refractivity (Wildman–Crippen MR) is 78.4 cm³/mol. The van der Waals surface area contributed by atoms with Gasteiger partial charge in [-0.25, -0.2) is 0 Å². The summed E-state index contributed by atoms with van der Waals surface area (Å²) in [5, 5.41) is 11.7. The fraction of sp³-hybridized carbons (Fsp3) is 0.500. The first-order valence-corrected chi connectivity index (χ1v) is 6.45. The number of halogens is 1. The van der Waals surface area contributed by atoms with Crippen molar-refractivity contribution in [3.05, 3.63) is 29.8 Å². The molecule has 1 fully saturated rings. The Labute approximate surface area is 119 Å². The number of nitrogens with one attached hydrogen (secondary N) is 1. The molecular weight excluding hydrogens is 264 g/mol. The lowest BCUT2D eigenvalue weighted by atomic mass is 10.1. The van der Waals surface area contributed by atoms with Gasteiger partial charge in [0.05, 0.1) is 0 Å². The van der Waals surface area contributed by atoms with Gasteiger partial charge in [-0.1, -0.05) is 12.1 Å². The van der Waals surface area contributed by atoms with E-state index < -0.39 is 0 Å². The van der Waals surface area contributed by atoms with Crippen molar-refractivity contribution in [2.24, 2.45) is 11.7 Å². The summed E-state index contributed by atoms with van der Waals surface area (Å²) in [6.07, 6.45) is 3.25. The highest BCUT2D eigenvalue weighted by molar-refractivity contribution is 5.92. The van der Waals surface area contributed by atoms with Crippen LogP contribution in [0, 0.1) is 5.92 Å². The maximum Gasteiger partial charge on any atom is 0.227 e. The molecule has 0 saturated heterocycles. The third kappa shape index (κ3) is 4.49. The van der Waals surface area contributed by atoms with Crippen molar-refractivity contribution in [2.45, 2.75) is 31.7 Å². The van der Waals surface area contributed by atoms with E-state index in [1.165, 1.54) is 0 Å². The fourth-order valence-electron chi connectivity index (χ4n) is 2.38.